The van der Waals surface area contributed by atoms with Gasteiger partial charge in [-0.15, -0.1) is 0 Å². The fraction of sp³-hybridized carbons (Fsp3) is 0.263. The molecule has 0 atom stereocenters. The van der Waals surface area contributed by atoms with E-state index >= 15 is 0 Å². The Morgan fingerprint density at radius 3 is 2.20 bits per heavy atom. The average molecular weight is 341 g/mol. The highest BCUT2D eigenvalue weighted by molar-refractivity contribution is 5.84. The Bertz CT molecular complexity index is 688. The molecule has 2 aromatic carbocycles. The Hall–Kier alpha value is -3.02. The van der Waals surface area contributed by atoms with Crippen LogP contribution in [0.2, 0.25) is 0 Å². The minimum absolute atomic E-state index is 0.0461. The van der Waals surface area contributed by atoms with Crippen molar-refractivity contribution in [2.45, 2.75) is 25.9 Å². The predicted molar refractivity (Wildman–Crippen MR) is 97.3 cm³/mol. The zero-order chi connectivity index (χ0) is 18.1. The van der Waals surface area contributed by atoms with E-state index in [2.05, 4.69) is 16.0 Å². The molecule has 0 aliphatic rings. The summed E-state index contributed by atoms with van der Waals surface area (Å²) in [7, 11) is 0. The van der Waals surface area contributed by atoms with Gasteiger partial charge in [0.1, 0.15) is 6.61 Å². The van der Waals surface area contributed by atoms with Gasteiger partial charge in [0, 0.05) is 12.2 Å². The molecule has 0 saturated heterocycles. The number of hydrogen-bond acceptors (Lipinski definition) is 3. The molecule has 6 nitrogen and oxygen atoms in total. The highest BCUT2D eigenvalue weighted by atomic mass is 16.5. The molecular formula is C19H23N3O3. The van der Waals surface area contributed by atoms with Gasteiger partial charge in [-0.1, -0.05) is 48.5 Å². The van der Waals surface area contributed by atoms with Gasteiger partial charge in [0.25, 0.3) is 0 Å². The van der Waals surface area contributed by atoms with E-state index in [1.165, 1.54) is 0 Å². The molecule has 0 fully saturated rings. The van der Waals surface area contributed by atoms with Gasteiger partial charge in [0.2, 0.25) is 0 Å². The van der Waals surface area contributed by atoms with Crippen molar-refractivity contribution in [1.29, 1.82) is 0 Å². The van der Waals surface area contributed by atoms with Crippen LogP contribution in [0.15, 0.2) is 60.7 Å². The molecule has 0 saturated carbocycles. The SMILES string of the molecule is CC(C)(COC(=O)Nc1ccccc1)NC(=O)NCc1ccccc1. The van der Waals surface area contributed by atoms with Gasteiger partial charge in [0.05, 0.1) is 5.54 Å². The number of carbonyl (C=O) groups is 2. The molecule has 0 aromatic heterocycles. The van der Waals surface area contributed by atoms with Gasteiger partial charge < -0.3 is 15.4 Å². The lowest BCUT2D eigenvalue weighted by molar-refractivity contribution is 0.128. The van der Waals surface area contributed by atoms with Crippen molar-refractivity contribution in [3.63, 3.8) is 0 Å². The van der Waals surface area contributed by atoms with Crippen LogP contribution in [0.4, 0.5) is 15.3 Å². The number of anilines is 1. The van der Waals surface area contributed by atoms with E-state index in [1.54, 1.807) is 26.0 Å². The van der Waals surface area contributed by atoms with Crippen molar-refractivity contribution in [3.8, 4) is 0 Å². The molecule has 0 aliphatic heterocycles. The second kappa shape index (κ2) is 8.73. The van der Waals surface area contributed by atoms with E-state index in [4.69, 9.17) is 4.74 Å². The molecule has 2 rings (SSSR count). The normalized spacial score (nSPS) is 10.6. The van der Waals surface area contributed by atoms with Crippen LogP contribution in [-0.4, -0.2) is 24.3 Å². The van der Waals surface area contributed by atoms with E-state index in [9.17, 15) is 9.59 Å². The molecule has 132 valence electrons. The van der Waals surface area contributed by atoms with Crippen LogP contribution >= 0.6 is 0 Å². The second-order valence-electron chi connectivity index (χ2n) is 6.24. The van der Waals surface area contributed by atoms with Crippen LogP contribution in [0.5, 0.6) is 0 Å². The van der Waals surface area contributed by atoms with Gasteiger partial charge in [-0.2, -0.15) is 0 Å². The number of nitrogens with one attached hydrogen (secondary N) is 3. The maximum Gasteiger partial charge on any atom is 0.411 e. The van der Waals surface area contributed by atoms with Gasteiger partial charge in [-0.3, -0.25) is 5.32 Å². The first-order valence-corrected chi connectivity index (χ1v) is 8.03. The molecule has 6 heteroatoms. The van der Waals surface area contributed by atoms with Crippen LogP contribution in [0.3, 0.4) is 0 Å². The first-order chi connectivity index (χ1) is 11.9. The Balaban J connectivity index is 1.72. The highest BCUT2D eigenvalue weighted by Crippen LogP contribution is 2.08. The van der Waals surface area contributed by atoms with Crippen LogP contribution in [0.1, 0.15) is 19.4 Å². The third kappa shape index (κ3) is 6.95. The zero-order valence-electron chi connectivity index (χ0n) is 14.4. The Morgan fingerprint density at radius 1 is 0.960 bits per heavy atom. The molecule has 0 spiro atoms. The van der Waals surface area contributed by atoms with Crippen molar-refractivity contribution < 1.29 is 14.3 Å². The van der Waals surface area contributed by atoms with Crippen molar-refractivity contribution in [2.75, 3.05) is 11.9 Å². The molecule has 0 radical (unpaired) electrons. The number of amides is 3. The highest BCUT2D eigenvalue weighted by Gasteiger charge is 2.22. The smallest absolute Gasteiger partial charge is 0.411 e. The van der Waals surface area contributed by atoms with Gasteiger partial charge in [-0.05, 0) is 31.5 Å². The fourth-order valence-electron chi connectivity index (χ4n) is 2.09. The minimum atomic E-state index is -0.700. The van der Waals surface area contributed by atoms with Crippen LogP contribution in [0, 0.1) is 0 Å². The molecule has 0 heterocycles. The van der Waals surface area contributed by atoms with Gasteiger partial charge >= 0.3 is 12.1 Å². The number of para-hydroxylation sites is 1. The third-order valence-electron chi connectivity index (χ3n) is 3.33. The summed E-state index contributed by atoms with van der Waals surface area (Å²) in [4.78, 5) is 23.8. The average Bonchev–Trinajstić information content (AvgIpc) is 2.60. The number of ether oxygens (including phenoxy) is 1. The standard InChI is InChI=1S/C19H23N3O3/c1-19(2,14-25-18(24)21-16-11-7-4-8-12-16)22-17(23)20-13-15-9-5-3-6-10-15/h3-12H,13-14H2,1-2H3,(H,21,24)(H2,20,22,23). The van der Waals surface area contributed by atoms with E-state index < -0.39 is 11.6 Å². The molecule has 25 heavy (non-hydrogen) atoms. The second-order valence-corrected chi connectivity index (χ2v) is 6.24. The molecule has 2 aromatic rings. The summed E-state index contributed by atoms with van der Waals surface area (Å²) in [6.45, 7) is 4.04. The summed E-state index contributed by atoms with van der Waals surface area (Å²) in [5.41, 5.74) is 0.960. The van der Waals surface area contributed by atoms with Crippen molar-refractivity contribution >= 4 is 17.8 Å². The number of benzene rings is 2. The maximum atomic E-state index is 12.0. The first kappa shape index (κ1) is 18.3. The summed E-state index contributed by atoms with van der Waals surface area (Å²) in [5.74, 6) is 0. The summed E-state index contributed by atoms with van der Waals surface area (Å²) in [6, 6.07) is 18.3. The summed E-state index contributed by atoms with van der Waals surface area (Å²) < 4.78 is 5.18. The van der Waals surface area contributed by atoms with E-state index in [0.29, 0.717) is 12.2 Å². The number of urea groups is 1. The Morgan fingerprint density at radius 2 is 1.56 bits per heavy atom. The first-order valence-electron chi connectivity index (χ1n) is 8.03. The molecule has 0 bridgehead atoms. The number of hydrogen-bond donors (Lipinski definition) is 3. The Kier molecular flexibility index (Phi) is 6.39. The number of rotatable bonds is 6. The lowest BCUT2D eigenvalue weighted by atomic mass is 10.1. The van der Waals surface area contributed by atoms with Gasteiger partial charge in [0.15, 0.2) is 0 Å². The van der Waals surface area contributed by atoms with E-state index in [1.807, 2.05) is 48.5 Å². The Labute approximate surface area is 147 Å². The van der Waals surface area contributed by atoms with Crippen molar-refractivity contribution in [3.05, 3.63) is 66.2 Å². The topological polar surface area (TPSA) is 79.5 Å². The van der Waals surface area contributed by atoms with Crippen LogP contribution in [-0.2, 0) is 11.3 Å². The maximum absolute atomic E-state index is 12.0. The van der Waals surface area contributed by atoms with E-state index in [-0.39, 0.29) is 12.6 Å². The largest absolute Gasteiger partial charge is 0.447 e. The quantitative estimate of drug-likeness (QED) is 0.752. The summed E-state index contributed by atoms with van der Waals surface area (Å²) >= 11 is 0. The number of carbonyl (C=O) groups excluding carboxylic acids is 2. The van der Waals surface area contributed by atoms with E-state index in [0.717, 1.165) is 5.56 Å². The molecule has 0 unspecified atom stereocenters. The van der Waals surface area contributed by atoms with Crippen molar-refractivity contribution in [2.24, 2.45) is 0 Å². The molecule has 0 aliphatic carbocycles. The van der Waals surface area contributed by atoms with Crippen LogP contribution < -0.4 is 16.0 Å². The molecular weight excluding hydrogens is 318 g/mol. The fourth-order valence-corrected chi connectivity index (χ4v) is 2.09. The summed E-state index contributed by atoms with van der Waals surface area (Å²) in [6.07, 6.45) is -0.564. The zero-order valence-corrected chi connectivity index (χ0v) is 14.4. The lowest BCUT2D eigenvalue weighted by Gasteiger charge is -2.26. The monoisotopic (exact) mass is 341 g/mol. The van der Waals surface area contributed by atoms with Crippen molar-refractivity contribution in [1.82, 2.24) is 10.6 Å². The molecule has 3 N–H and O–H groups in total. The van der Waals surface area contributed by atoms with Gasteiger partial charge in [-0.25, -0.2) is 9.59 Å². The third-order valence-corrected chi connectivity index (χ3v) is 3.33. The summed E-state index contributed by atoms with van der Waals surface area (Å²) in [5, 5.41) is 8.19. The lowest BCUT2D eigenvalue weighted by Crippen LogP contribution is -2.51. The predicted octanol–water partition coefficient (Wildman–Crippen LogP) is 3.51. The minimum Gasteiger partial charge on any atom is -0.447 e. The van der Waals surface area contributed by atoms with Crippen LogP contribution in [0.25, 0.3) is 0 Å². The molecule has 3 amide bonds.